The van der Waals surface area contributed by atoms with Gasteiger partial charge in [-0.05, 0) is 25.8 Å². The average molecular weight is 263 g/mol. The van der Waals surface area contributed by atoms with Gasteiger partial charge in [-0.1, -0.05) is 0 Å². The second-order valence-electron chi connectivity index (χ2n) is 4.57. The number of anilines is 1. The van der Waals surface area contributed by atoms with E-state index in [4.69, 9.17) is 10.5 Å². The molecular weight excluding hydrogens is 246 g/mol. The quantitative estimate of drug-likeness (QED) is 0.813. The van der Waals surface area contributed by atoms with E-state index in [0.29, 0.717) is 16.9 Å². The number of carbonyl (C=O) groups excluding carboxylic acids is 2. The van der Waals surface area contributed by atoms with Gasteiger partial charge in [0, 0.05) is 13.1 Å². The Kier molecular flexibility index (Phi) is 3.99. The van der Waals surface area contributed by atoms with E-state index in [1.165, 1.54) is 12.3 Å². The number of likely N-dealkylation sites (tertiary alicyclic amines) is 1. The van der Waals surface area contributed by atoms with E-state index in [0.717, 1.165) is 25.9 Å². The number of nitrogen functional groups attached to an aromatic ring is 1. The van der Waals surface area contributed by atoms with Crippen molar-refractivity contribution in [3.8, 4) is 0 Å². The van der Waals surface area contributed by atoms with Crippen molar-refractivity contribution in [1.82, 2.24) is 9.88 Å². The maximum absolute atomic E-state index is 11.8. The van der Waals surface area contributed by atoms with Gasteiger partial charge in [-0.25, -0.2) is 4.79 Å². The maximum Gasteiger partial charge on any atom is 0.340 e. The first-order valence-corrected chi connectivity index (χ1v) is 6.25. The third-order valence-electron chi connectivity index (χ3n) is 3.11. The molecule has 1 aromatic rings. The Morgan fingerprint density at radius 2 is 2.11 bits per heavy atom. The molecule has 2 rings (SSSR count). The Balaban J connectivity index is 1.93. The summed E-state index contributed by atoms with van der Waals surface area (Å²) in [5, 5.41) is 0. The highest BCUT2D eigenvalue weighted by Gasteiger charge is 2.20. The number of ether oxygens (including phenoxy) is 1. The highest BCUT2D eigenvalue weighted by atomic mass is 16.5. The van der Waals surface area contributed by atoms with Crippen LogP contribution in [0.15, 0.2) is 12.3 Å². The molecular formula is C13H17N3O3. The standard InChI is InChI=1S/C13H17N3O3/c1-9-11(6-10(14)7-15-9)13(18)19-8-12(17)16-4-2-3-5-16/h6-7H,2-5,8,14H2,1H3. The van der Waals surface area contributed by atoms with E-state index in [2.05, 4.69) is 4.98 Å². The fourth-order valence-electron chi connectivity index (χ4n) is 2.02. The molecule has 1 aliphatic rings. The van der Waals surface area contributed by atoms with Gasteiger partial charge in [-0.15, -0.1) is 0 Å². The van der Waals surface area contributed by atoms with Crippen molar-refractivity contribution in [2.45, 2.75) is 19.8 Å². The molecule has 0 bridgehead atoms. The van der Waals surface area contributed by atoms with Crippen LogP contribution in [0.5, 0.6) is 0 Å². The van der Waals surface area contributed by atoms with Crippen LogP contribution in [0.25, 0.3) is 0 Å². The smallest absolute Gasteiger partial charge is 0.340 e. The van der Waals surface area contributed by atoms with Crippen LogP contribution >= 0.6 is 0 Å². The largest absolute Gasteiger partial charge is 0.452 e. The molecule has 0 atom stereocenters. The van der Waals surface area contributed by atoms with Crippen molar-refractivity contribution in [3.05, 3.63) is 23.5 Å². The number of rotatable bonds is 3. The van der Waals surface area contributed by atoms with Crippen molar-refractivity contribution in [3.63, 3.8) is 0 Å². The molecule has 1 aliphatic heterocycles. The van der Waals surface area contributed by atoms with Gasteiger partial charge in [-0.3, -0.25) is 9.78 Å². The van der Waals surface area contributed by atoms with Crippen LogP contribution in [0.3, 0.4) is 0 Å². The molecule has 1 fully saturated rings. The number of aryl methyl sites for hydroxylation is 1. The van der Waals surface area contributed by atoms with Crippen molar-refractivity contribution in [1.29, 1.82) is 0 Å². The minimum atomic E-state index is -0.565. The monoisotopic (exact) mass is 263 g/mol. The summed E-state index contributed by atoms with van der Waals surface area (Å²) in [5.41, 5.74) is 6.80. The summed E-state index contributed by atoms with van der Waals surface area (Å²) < 4.78 is 5.01. The van der Waals surface area contributed by atoms with Crippen LogP contribution in [0.1, 0.15) is 28.9 Å². The fourth-order valence-corrected chi connectivity index (χ4v) is 2.02. The highest BCUT2D eigenvalue weighted by molar-refractivity contribution is 5.93. The lowest BCUT2D eigenvalue weighted by molar-refractivity contribution is -0.133. The molecule has 0 radical (unpaired) electrons. The molecule has 6 nitrogen and oxygen atoms in total. The number of hydrogen-bond acceptors (Lipinski definition) is 5. The number of hydrogen-bond donors (Lipinski definition) is 1. The first-order valence-electron chi connectivity index (χ1n) is 6.25. The number of aromatic nitrogens is 1. The maximum atomic E-state index is 11.8. The molecule has 0 unspecified atom stereocenters. The molecule has 0 aliphatic carbocycles. The molecule has 1 aromatic heterocycles. The van der Waals surface area contributed by atoms with E-state index >= 15 is 0 Å². The molecule has 2 N–H and O–H groups in total. The van der Waals surface area contributed by atoms with Crippen LogP contribution in [-0.4, -0.2) is 41.5 Å². The Labute approximate surface area is 111 Å². The summed E-state index contributed by atoms with van der Waals surface area (Å²) in [7, 11) is 0. The van der Waals surface area contributed by atoms with Gasteiger partial charge in [0.2, 0.25) is 0 Å². The summed E-state index contributed by atoms with van der Waals surface area (Å²) in [6, 6.07) is 1.50. The third-order valence-corrected chi connectivity index (χ3v) is 3.11. The number of amides is 1. The van der Waals surface area contributed by atoms with E-state index in [-0.39, 0.29) is 12.5 Å². The summed E-state index contributed by atoms with van der Waals surface area (Å²) in [6.45, 7) is 2.95. The molecule has 102 valence electrons. The van der Waals surface area contributed by atoms with Gasteiger partial charge >= 0.3 is 5.97 Å². The number of carbonyl (C=O) groups is 2. The second-order valence-corrected chi connectivity index (χ2v) is 4.57. The number of esters is 1. The van der Waals surface area contributed by atoms with Crippen molar-refractivity contribution < 1.29 is 14.3 Å². The summed E-state index contributed by atoms with van der Waals surface area (Å²) >= 11 is 0. The third kappa shape index (κ3) is 3.21. The fraction of sp³-hybridized carbons (Fsp3) is 0.462. The van der Waals surface area contributed by atoms with Crippen LogP contribution in [0, 0.1) is 6.92 Å². The van der Waals surface area contributed by atoms with Gasteiger partial charge in [0.05, 0.1) is 23.1 Å². The minimum Gasteiger partial charge on any atom is -0.452 e. The Morgan fingerprint density at radius 1 is 1.42 bits per heavy atom. The van der Waals surface area contributed by atoms with Crippen LogP contribution < -0.4 is 5.73 Å². The normalized spacial score (nSPS) is 14.5. The van der Waals surface area contributed by atoms with Gasteiger partial charge in [0.15, 0.2) is 6.61 Å². The highest BCUT2D eigenvalue weighted by Crippen LogP contribution is 2.12. The van der Waals surface area contributed by atoms with E-state index in [9.17, 15) is 9.59 Å². The topological polar surface area (TPSA) is 85.5 Å². The van der Waals surface area contributed by atoms with Crippen molar-refractivity contribution in [2.24, 2.45) is 0 Å². The Bertz CT molecular complexity index is 496. The zero-order chi connectivity index (χ0) is 13.8. The molecule has 1 amide bonds. The predicted octanol–water partition coefficient (Wildman–Crippen LogP) is 0.751. The molecule has 6 heteroatoms. The molecule has 2 heterocycles. The zero-order valence-electron chi connectivity index (χ0n) is 10.9. The molecule has 1 saturated heterocycles. The first kappa shape index (κ1) is 13.3. The van der Waals surface area contributed by atoms with Crippen molar-refractivity contribution in [2.75, 3.05) is 25.4 Å². The van der Waals surface area contributed by atoms with Crippen LogP contribution in [-0.2, 0) is 9.53 Å². The minimum absolute atomic E-state index is 0.152. The number of nitrogens with zero attached hydrogens (tertiary/aromatic N) is 2. The average Bonchev–Trinajstić information content (AvgIpc) is 2.92. The molecule has 0 spiro atoms. The van der Waals surface area contributed by atoms with Gasteiger partial charge < -0.3 is 15.4 Å². The van der Waals surface area contributed by atoms with Gasteiger partial charge in [0.1, 0.15) is 0 Å². The number of nitrogens with two attached hydrogens (primary N) is 1. The van der Waals surface area contributed by atoms with E-state index in [1.807, 2.05) is 0 Å². The first-order chi connectivity index (χ1) is 9.08. The van der Waals surface area contributed by atoms with Crippen molar-refractivity contribution >= 4 is 17.6 Å². The summed E-state index contributed by atoms with van der Waals surface area (Å²) in [5.74, 6) is -0.717. The lowest BCUT2D eigenvalue weighted by Crippen LogP contribution is -2.32. The van der Waals surface area contributed by atoms with Crippen LogP contribution in [0.4, 0.5) is 5.69 Å². The molecule has 0 saturated carbocycles. The SMILES string of the molecule is Cc1ncc(N)cc1C(=O)OCC(=O)N1CCCC1. The van der Waals surface area contributed by atoms with E-state index in [1.54, 1.807) is 11.8 Å². The zero-order valence-corrected chi connectivity index (χ0v) is 10.9. The van der Waals surface area contributed by atoms with E-state index < -0.39 is 5.97 Å². The lowest BCUT2D eigenvalue weighted by atomic mass is 10.2. The Morgan fingerprint density at radius 3 is 2.79 bits per heavy atom. The molecule has 0 aromatic carbocycles. The van der Waals surface area contributed by atoms with Gasteiger partial charge in [-0.2, -0.15) is 0 Å². The second kappa shape index (κ2) is 5.69. The molecule has 19 heavy (non-hydrogen) atoms. The van der Waals surface area contributed by atoms with Crippen LogP contribution in [0.2, 0.25) is 0 Å². The lowest BCUT2D eigenvalue weighted by Gasteiger charge is -2.15. The predicted molar refractivity (Wildman–Crippen MR) is 69.5 cm³/mol. The Hall–Kier alpha value is -2.11. The van der Waals surface area contributed by atoms with Gasteiger partial charge in [0.25, 0.3) is 5.91 Å². The number of pyridine rings is 1. The summed E-state index contributed by atoms with van der Waals surface area (Å²) in [6.07, 6.45) is 3.50. The summed E-state index contributed by atoms with van der Waals surface area (Å²) in [4.78, 5) is 29.3.